The number of rotatable bonds is 5. The van der Waals surface area contributed by atoms with E-state index in [1.807, 2.05) is 30.3 Å². The van der Waals surface area contributed by atoms with Crippen LogP contribution < -0.4 is 5.32 Å². The van der Waals surface area contributed by atoms with Crippen LogP contribution in [0.2, 0.25) is 0 Å². The van der Waals surface area contributed by atoms with Gasteiger partial charge < -0.3 is 10.1 Å². The molecule has 8 heteroatoms. The van der Waals surface area contributed by atoms with Gasteiger partial charge in [-0.1, -0.05) is 49.6 Å². The predicted octanol–water partition coefficient (Wildman–Crippen LogP) is 3.44. The van der Waals surface area contributed by atoms with Crippen molar-refractivity contribution in [2.75, 3.05) is 26.3 Å². The Balaban J connectivity index is 1.64. The van der Waals surface area contributed by atoms with Gasteiger partial charge in [-0.15, -0.1) is 0 Å². The minimum absolute atomic E-state index is 0.0849. The maximum atomic E-state index is 14.6. The summed E-state index contributed by atoms with van der Waals surface area (Å²) < 4.78 is 47.1. The second-order valence-electron chi connectivity index (χ2n) is 8.12. The summed E-state index contributed by atoms with van der Waals surface area (Å²) in [4.78, 5) is 13.1. The highest BCUT2D eigenvalue weighted by Crippen LogP contribution is 2.37. The fraction of sp³-hybridized carbons (Fsp3) is 0.435. The van der Waals surface area contributed by atoms with Crippen LogP contribution in [-0.4, -0.2) is 44.9 Å². The molecule has 0 spiro atoms. The first kappa shape index (κ1) is 21.9. The first-order valence-electron chi connectivity index (χ1n) is 10.7. The standard InChI is InChI=1S/C23H27FN2O4S/c24-21-10-9-19(31(28,29)26-13-15-30-16-14-26)17-20(21)22(27)25-23(11-5-2-6-12-23)18-7-3-1-4-8-18/h1,3-4,7-10,17H,2,5-6,11-16H2,(H,25,27). The molecule has 6 nitrogen and oxygen atoms in total. The second-order valence-corrected chi connectivity index (χ2v) is 10.1. The zero-order chi connectivity index (χ0) is 21.9. The third kappa shape index (κ3) is 4.51. The van der Waals surface area contributed by atoms with Crippen molar-refractivity contribution < 1.29 is 22.3 Å². The van der Waals surface area contributed by atoms with Gasteiger partial charge in [-0.2, -0.15) is 4.31 Å². The second kappa shape index (κ2) is 9.06. The molecule has 1 heterocycles. The van der Waals surface area contributed by atoms with Gasteiger partial charge in [0.25, 0.3) is 5.91 Å². The Morgan fingerprint density at radius 3 is 2.35 bits per heavy atom. The van der Waals surface area contributed by atoms with Crippen LogP contribution in [0, 0.1) is 5.82 Å². The number of hydrogen-bond acceptors (Lipinski definition) is 4. The lowest BCUT2D eigenvalue weighted by Crippen LogP contribution is -2.47. The highest BCUT2D eigenvalue weighted by molar-refractivity contribution is 7.89. The van der Waals surface area contributed by atoms with Crippen LogP contribution in [0.4, 0.5) is 4.39 Å². The van der Waals surface area contributed by atoms with E-state index in [0.29, 0.717) is 13.2 Å². The fourth-order valence-electron chi connectivity index (χ4n) is 4.46. The van der Waals surface area contributed by atoms with Gasteiger partial charge in [0.05, 0.1) is 29.2 Å². The molecule has 1 amide bonds. The van der Waals surface area contributed by atoms with Crippen molar-refractivity contribution in [3.05, 3.63) is 65.5 Å². The number of hydrogen-bond donors (Lipinski definition) is 1. The molecule has 0 aromatic heterocycles. The van der Waals surface area contributed by atoms with Gasteiger partial charge in [0.2, 0.25) is 10.0 Å². The van der Waals surface area contributed by atoms with Gasteiger partial charge in [0.15, 0.2) is 0 Å². The van der Waals surface area contributed by atoms with E-state index in [9.17, 15) is 17.6 Å². The van der Waals surface area contributed by atoms with Crippen LogP contribution in [-0.2, 0) is 20.3 Å². The van der Waals surface area contributed by atoms with Crippen molar-refractivity contribution in [1.82, 2.24) is 9.62 Å². The number of halogens is 1. The Kier molecular flexibility index (Phi) is 6.41. The van der Waals surface area contributed by atoms with E-state index in [-0.39, 0.29) is 23.5 Å². The van der Waals surface area contributed by atoms with Crippen molar-refractivity contribution >= 4 is 15.9 Å². The van der Waals surface area contributed by atoms with Gasteiger partial charge in [-0.25, -0.2) is 12.8 Å². The van der Waals surface area contributed by atoms with E-state index < -0.39 is 27.3 Å². The zero-order valence-electron chi connectivity index (χ0n) is 17.3. The smallest absolute Gasteiger partial charge is 0.254 e. The van der Waals surface area contributed by atoms with Crippen molar-refractivity contribution in [1.29, 1.82) is 0 Å². The third-order valence-corrected chi connectivity index (χ3v) is 8.07. The lowest BCUT2D eigenvalue weighted by molar-refractivity contribution is 0.0730. The number of carbonyl (C=O) groups excluding carboxylic acids is 1. The molecule has 4 rings (SSSR count). The number of morpholine rings is 1. The molecule has 0 bridgehead atoms. The Bertz CT molecular complexity index is 1030. The summed E-state index contributed by atoms with van der Waals surface area (Å²) in [5, 5.41) is 3.06. The predicted molar refractivity (Wildman–Crippen MR) is 115 cm³/mol. The summed E-state index contributed by atoms with van der Waals surface area (Å²) in [5.41, 5.74) is 0.151. The fourth-order valence-corrected chi connectivity index (χ4v) is 5.89. The minimum Gasteiger partial charge on any atom is -0.379 e. The lowest BCUT2D eigenvalue weighted by Gasteiger charge is -2.39. The first-order chi connectivity index (χ1) is 14.9. The molecule has 31 heavy (non-hydrogen) atoms. The maximum absolute atomic E-state index is 14.6. The molecule has 2 aromatic carbocycles. The van der Waals surface area contributed by atoms with E-state index in [0.717, 1.165) is 49.8 Å². The number of benzene rings is 2. The molecule has 2 aliphatic rings. The van der Waals surface area contributed by atoms with Crippen LogP contribution >= 0.6 is 0 Å². The van der Waals surface area contributed by atoms with Crippen LogP contribution in [0.25, 0.3) is 0 Å². The number of carbonyl (C=O) groups is 1. The molecule has 0 unspecified atom stereocenters. The van der Waals surface area contributed by atoms with Gasteiger partial charge >= 0.3 is 0 Å². The maximum Gasteiger partial charge on any atom is 0.254 e. The zero-order valence-corrected chi connectivity index (χ0v) is 18.2. The van der Waals surface area contributed by atoms with Crippen LogP contribution in [0.5, 0.6) is 0 Å². The van der Waals surface area contributed by atoms with Crippen molar-refractivity contribution in [2.24, 2.45) is 0 Å². The van der Waals surface area contributed by atoms with Crippen LogP contribution in [0.15, 0.2) is 53.4 Å². The number of amides is 1. The Hall–Kier alpha value is -2.29. The van der Waals surface area contributed by atoms with Crippen LogP contribution in [0.1, 0.15) is 48.0 Å². The molecule has 1 saturated carbocycles. The van der Waals surface area contributed by atoms with Gasteiger partial charge in [-0.3, -0.25) is 4.79 Å². The summed E-state index contributed by atoms with van der Waals surface area (Å²) in [6, 6.07) is 13.1. The van der Waals surface area contributed by atoms with E-state index in [2.05, 4.69) is 5.32 Å². The molecule has 1 aliphatic heterocycles. The summed E-state index contributed by atoms with van der Waals surface area (Å²) in [5.74, 6) is -1.33. The minimum atomic E-state index is -3.83. The monoisotopic (exact) mass is 446 g/mol. The topological polar surface area (TPSA) is 75.7 Å². The molecule has 0 radical (unpaired) electrons. The first-order valence-corrected chi connectivity index (χ1v) is 12.1. The third-order valence-electron chi connectivity index (χ3n) is 6.18. The molecule has 1 saturated heterocycles. The van der Waals surface area contributed by atoms with E-state index in [1.165, 1.54) is 10.4 Å². The molecular weight excluding hydrogens is 419 g/mol. The van der Waals surface area contributed by atoms with E-state index >= 15 is 0 Å². The quantitative estimate of drug-likeness (QED) is 0.764. The Morgan fingerprint density at radius 2 is 1.68 bits per heavy atom. The van der Waals surface area contributed by atoms with Gasteiger partial charge in [0, 0.05) is 13.1 Å². The average molecular weight is 447 g/mol. The average Bonchev–Trinajstić information content (AvgIpc) is 2.81. The number of nitrogens with zero attached hydrogens (tertiary/aromatic N) is 1. The molecule has 166 valence electrons. The van der Waals surface area contributed by atoms with Crippen molar-refractivity contribution in [3.63, 3.8) is 0 Å². The number of ether oxygens (including phenoxy) is 1. The lowest BCUT2D eigenvalue weighted by atomic mass is 9.76. The molecular formula is C23H27FN2O4S. The highest BCUT2D eigenvalue weighted by Gasteiger charge is 2.36. The molecule has 1 aliphatic carbocycles. The molecule has 0 atom stereocenters. The van der Waals surface area contributed by atoms with Crippen molar-refractivity contribution in [2.45, 2.75) is 42.5 Å². The van der Waals surface area contributed by atoms with Gasteiger partial charge in [-0.05, 0) is 36.6 Å². The summed E-state index contributed by atoms with van der Waals surface area (Å²) in [7, 11) is -3.83. The molecule has 2 fully saturated rings. The highest BCUT2D eigenvalue weighted by atomic mass is 32.2. The Labute approximate surface area is 182 Å². The van der Waals surface area contributed by atoms with E-state index in [4.69, 9.17) is 4.74 Å². The van der Waals surface area contributed by atoms with Crippen molar-refractivity contribution in [3.8, 4) is 0 Å². The summed E-state index contributed by atoms with van der Waals surface area (Å²) >= 11 is 0. The summed E-state index contributed by atoms with van der Waals surface area (Å²) in [6.45, 7) is 1.09. The SMILES string of the molecule is O=C(NC1(c2ccccc2)CCCCC1)c1cc(S(=O)(=O)N2CCOCC2)ccc1F. The Morgan fingerprint density at radius 1 is 1.00 bits per heavy atom. The number of nitrogens with one attached hydrogen (secondary N) is 1. The van der Waals surface area contributed by atoms with Crippen LogP contribution in [0.3, 0.4) is 0 Å². The molecule has 2 aromatic rings. The molecule has 1 N–H and O–H groups in total. The number of sulfonamides is 1. The summed E-state index contributed by atoms with van der Waals surface area (Å²) in [6.07, 6.45) is 4.53. The largest absolute Gasteiger partial charge is 0.379 e. The van der Waals surface area contributed by atoms with Gasteiger partial charge in [0.1, 0.15) is 5.82 Å². The normalized spacial score (nSPS) is 19.6. The van der Waals surface area contributed by atoms with E-state index in [1.54, 1.807) is 0 Å².